The molecule has 1 aromatic rings. The highest BCUT2D eigenvalue weighted by Gasteiger charge is 2.18. The van der Waals surface area contributed by atoms with Gasteiger partial charge in [-0.15, -0.1) is 0 Å². The normalized spacial score (nSPS) is 17.0. The highest BCUT2D eigenvalue weighted by Crippen LogP contribution is 2.21. The molecule has 1 unspecified atom stereocenters. The molecule has 0 saturated carbocycles. The van der Waals surface area contributed by atoms with Gasteiger partial charge in [0, 0.05) is 6.54 Å². The van der Waals surface area contributed by atoms with Gasteiger partial charge in [0.1, 0.15) is 6.04 Å². The first-order valence-corrected chi connectivity index (χ1v) is 4.77. The van der Waals surface area contributed by atoms with Gasteiger partial charge >= 0.3 is 0 Å². The van der Waals surface area contributed by atoms with Crippen LogP contribution in [0.25, 0.3) is 0 Å². The van der Waals surface area contributed by atoms with Crippen LogP contribution in [0.1, 0.15) is 18.0 Å². The molecular weight excluding hydrogens is 174 g/mol. The van der Waals surface area contributed by atoms with Crippen LogP contribution in [0.3, 0.4) is 0 Å². The number of rotatable bonds is 3. The lowest BCUT2D eigenvalue weighted by molar-refractivity contribution is 0.355. The lowest BCUT2D eigenvalue weighted by atomic mass is 10.1. The molecule has 0 aliphatic carbocycles. The Balaban J connectivity index is 2.21. The summed E-state index contributed by atoms with van der Waals surface area (Å²) in [5.41, 5.74) is 1.01. The van der Waals surface area contributed by atoms with Gasteiger partial charge in [-0.3, -0.25) is 4.79 Å². The fourth-order valence-electron chi connectivity index (χ4n) is 1.69. The van der Waals surface area contributed by atoms with Crippen LogP contribution < -0.4 is 0 Å². The smallest absolute Gasteiger partial charge is 0.227 e. The molecule has 0 saturated heterocycles. The van der Waals surface area contributed by atoms with E-state index in [4.69, 9.17) is 0 Å². The molecule has 2 rings (SSSR count). The van der Waals surface area contributed by atoms with Crippen molar-refractivity contribution in [1.29, 1.82) is 0 Å². The van der Waals surface area contributed by atoms with Gasteiger partial charge in [-0.05, 0) is 18.2 Å². The SMILES string of the molecule is O=[C]C(c1ccccc1)N1C=CCC1. The summed E-state index contributed by atoms with van der Waals surface area (Å²) in [7, 11) is 0. The first kappa shape index (κ1) is 9.00. The molecule has 1 atom stereocenters. The highest BCUT2D eigenvalue weighted by molar-refractivity contribution is 5.62. The molecule has 1 aliphatic rings. The molecule has 0 N–H and O–H groups in total. The Morgan fingerprint density at radius 3 is 2.64 bits per heavy atom. The van der Waals surface area contributed by atoms with Crippen LogP contribution in [0, 0.1) is 0 Å². The quantitative estimate of drug-likeness (QED) is 0.720. The third kappa shape index (κ3) is 1.69. The Kier molecular flexibility index (Phi) is 2.63. The Morgan fingerprint density at radius 1 is 1.29 bits per heavy atom. The maximum Gasteiger partial charge on any atom is 0.227 e. The van der Waals surface area contributed by atoms with Crippen molar-refractivity contribution >= 4 is 6.29 Å². The van der Waals surface area contributed by atoms with E-state index in [1.807, 2.05) is 41.4 Å². The van der Waals surface area contributed by atoms with E-state index >= 15 is 0 Å². The van der Waals surface area contributed by atoms with Crippen LogP contribution in [0.15, 0.2) is 42.6 Å². The Hall–Kier alpha value is -1.57. The van der Waals surface area contributed by atoms with Gasteiger partial charge < -0.3 is 4.90 Å². The van der Waals surface area contributed by atoms with E-state index in [1.54, 1.807) is 0 Å². The number of benzene rings is 1. The van der Waals surface area contributed by atoms with E-state index in [1.165, 1.54) is 0 Å². The van der Waals surface area contributed by atoms with E-state index in [0.717, 1.165) is 18.5 Å². The molecule has 2 heteroatoms. The van der Waals surface area contributed by atoms with Crippen LogP contribution in [0.5, 0.6) is 0 Å². The molecule has 14 heavy (non-hydrogen) atoms. The molecule has 1 aliphatic heterocycles. The Morgan fingerprint density at radius 2 is 2.07 bits per heavy atom. The summed E-state index contributed by atoms with van der Waals surface area (Å²) in [6, 6.07) is 9.52. The third-order valence-corrected chi connectivity index (χ3v) is 2.41. The van der Waals surface area contributed by atoms with Crippen LogP contribution in [-0.2, 0) is 4.79 Å². The second kappa shape index (κ2) is 4.09. The van der Waals surface area contributed by atoms with Gasteiger partial charge in [0.15, 0.2) is 0 Å². The van der Waals surface area contributed by atoms with Crippen molar-refractivity contribution < 1.29 is 4.79 Å². The first-order chi connectivity index (χ1) is 6.92. The van der Waals surface area contributed by atoms with Gasteiger partial charge in [0.25, 0.3) is 0 Å². The number of hydrogen-bond acceptors (Lipinski definition) is 2. The first-order valence-electron chi connectivity index (χ1n) is 4.77. The second-order valence-corrected chi connectivity index (χ2v) is 3.34. The average Bonchev–Trinajstić information content (AvgIpc) is 2.74. The molecule has 0 amide bonds. The molecular formula is C12H12NO. The summed E-state index contributed by atoms with van der Waals surface area (Å²) in [5, 5.41) is 0. The highest BCUT2D eigenvalue weighted by atomic mass is 16.1. The van der Waals surface area contributed by atoms with Crippen molar-refractivity contribution in [3.05, 3.63) is 48.2 Å². The maximum absolute atomic E-state index is 10.9. The summed E-state index contributed by atoms with van der Waals surface area (Å²) in [6.45, 7) is 0.912. The number of hydrogen-bond donors (Lipinski definition) is 0. The van der Waals surface area contributed by atoms with Crippen LogP contribution in [0.4, 0.5) is 0 Å². The summed E-state index contributed by atoms with van der Waals surface area (Å²) in [6.07, 6.45) is 7.16. The number of carbonyl (C=O) groups excluding carboxylic acids is 1. The van der Waals surface area contributed by atoms with Crippen molar-refractivity contribution in [1.82, 2.24) is 4.90 Å². The zero-order valence-electron chi connectivity index (χ0n) is 7.89. The molecule has 71 valence electrons. The van der Waals surface area contributed by atoms with E-state index in [-0.39, 0.29) is 6.04 Å². The van der Waals surface area contributed by atoms with Crippen molar-refractivity contribution in [2.75, 3.05) is 6.54 Å². The fourth-order valence-corrected chi connectivity index (χ4v) is 1.69. The largest absolute Gasteiger partial charge is 0.363 e. The van der Waals surface area contributed by atoms with Gasteiger partial charge in [-0.25, -0.2) is 0 Å². The monoisotopic (exact) mass is 186 g/mol. The average molecular weight is 186 g/mol. The maximum atomic E-state index is 10.9. The van der Waals surface area contributed by atoms with Crippen LogP contribution in [0.2, 0.25) is 0 Å². The molecule has 0 spiro atoms. The van der Waals surface area contributed by atoms with Gasteiger partial charge in [-0.2, -0.15) is 0 Å². The van der Waals surface area contributed by atoms with Gasteiger partial charge in [0.05, 0.1) is 0 Å². The fraction of sp³-hybridized carbons (Fsp3) is 0.250. The second-order valence-electron chi connectivity index (χ2n) is 3.34. The van der Waals surface area contributed by atoms with Crippen molar-refractivity contribution in [3.8, 4) is 0 Å². The topological polar surface area (TPSA) is 20.3 Å². The minimum absolute atomic E-state index is 0.241. The molecule has 0 aromatic heterocycles. The third-order valence-electron chi connectivity index (χ3n) is 2.41. The van der Waals surface area contributed by atoms with E-state index in [2.05, 4.69) is 12.4 Å². The van der Waals surface area contributed by atoms with E-state index in [0.29, 0.717) is 0 Å². The van der Waals surface area contributed by atoms with Crippen molar-refractivity contribution in [2.45, 2.75) is 12.5 Å². The van der Waals surface area contributed by atoms with Crippen LogP contribution >= 0.6 is 0 Å². The Labute approximate surface area is 83.8 Å². The summed E-state index contributed by atoms with van der Waals surface area (Å²) in [5.74, 6) is 0. The molecule has 2 nitrogen and oxygen atoms in total. The zero-order valence-corrected chi connectivity index (χ0v) is 7.89. The lowest BCUT2D eigenvalue weighted by Gasteiger charge is -2.22. The predicted octanol–water partition coefficient (Wildman–Crippen LogP) is 2.06. The van der Waals surface area contributed by atoms with Gasteiger partial charge in [0.2, 0.25) is 6.29 Å². The lowest BCUT2D eigenvalue weighted by Crippen LogP contribution is -2.22. The molecule has 1 radical (unpaired) electrons. The number of nitrogens with zero attached hydrogens (tertiary/aromatic N) is 1. The zero-order chi connectivity index (χ0) is 9.80. The van der Waals surface area contributed by atoms with Gasteiger partial charge in [-0.1, -0.05) is 36.4 Å². The minimum atomic E-state index is -0.241. The summed E-state index contributed by atoms with van der Waals surface area (Å²) >= 11 is 0. The standard InChI is InChI=1S/C12H12NO/c14-10-12(13-8-4-5-9-13)11-6-2-1-3-7-11/h1-4,6-8,12H,5,9H2. The molecule has 1 aromatic carbocycles. The molecule has 0 fully saturated rings. The summed E-state index contributed by atoms with van der Waals surface area (Å²) < 4.78 is 0. The summed E-state index contributed by atoms with van der Waals surface area (Å²) in [4.78, 5) is 12.9. The minimum Gasteiger partial charge on any atom is -0.363 e. The van der Waals surface area contributed by atoms with Crippen LogP contribution in [-0.4, -0.2) is 17.7 Å². The van der Waals surface area contributed by atoms with E-state index < -0.39 is 0 Å². The van der Waals surface area contributed by atoms with E-state index in [9.17, 15) is 4.79 Å². The predicted molar refractivity (Wildman–Crippen MR) is 55.3 cm³/mol. The Bertz CT molecular complexity index is 331. The molecule has 0 bridgehead atoms. The molecule has 1 heterocycles. The van der Waals surface area contributed by atoms with Crippen molar-refractivity contribution in [3.63, 3.8) is 0 Å². The van der Waals surface area contributed by atoms with Crippen molar-refractivity contribution in [2.24, 2.45) is 0 Å².